The number of amides is 2. The fourth-order valence-electron chi connectivity index (χ4n) is 2.52. The Labute approximate surface area is 167 Å². The van der Waals surface area contributed by atoms with Gasteiger partial charge < -0.3 is 15.4 Å². The van der Waals surface area contributed by atoms with Gasteiger partial charge in [-0.25, -0.2) is 4.98 Å². The number of carbonyl (C=O) groups excluding carboxylic acids is 3. The lowest BCUT2D eigenvalue weighted by molar-refractivity contribution is -0.131. The summed E-state index contributed by atoms with van der Waals surface area (Å²) in [6.45, 7) is 1.55. The predicted molar refractivity (Wildman–Crippen MR) is 105 cm³/mol. The Morgan fingerprint density at radius 2 is 1.83 bits per heavy atom. The number of anilines is 1. The number of benzene rings is 2. The summed E-state index contributed by atoms with van der Waals surface area (Å²) in [6.07, 6.45) is 4.31. The summed E-state index contributed by atoms with van der Waals surface area (Å²) in [4.78, 5) is 43.4. The minimum atomic E-state index is -0.456. The van der Waals surface area contributed by atoms with Gasteiger partial charge in [0.1, 0.15) is 11.4 Å². The summed E-state index contributed by atoms with van der Waals surface area (Å²) in [5.74, 6) is -0.837. The largest absolute Gasteiger partial charge is 0.427 e. The minimum Gasteiger partial charge on any atom is -0.427 e. The number of hydrogen-bond acceptors (Lipinski definition) is 6. The Balaban J connectivity index is 1.61. The minimum absolute atomic E-state index is 0.207. The van der Waals surface area contributed by atoms with Crippen LogP contribution in [-0.4, -0.2) is 27.8 Å². The molecule has 8 heteroatoms. The van der Waals surface area contributed by atoms with Crippen molar-refractivity contribution in [3.05, 3.63) is 83.9 Å². The molecule has 3 rings (SSSR count). The van der Waals surface area contributed by atoms with Gasteiger partial charge in [-0.1, -0.05) is 18.2 Å². The molecular weight excluding hydrogens is 372 g/mol. The van der Waals surface area contributed by atoms with Gasteiger partial charge in [0.25, 0.3) is 11.8 Å². The smallest absolute Gasteiger partial charge is 0.308 e. The lowest BCUT2D eigenvalue weighted by Gasteiger charge is -2.09. The molecule has 0 radical (unpaired) electrons. The molecule has 3 aromatic rings. The molecule has 0 bridgehead atoms. The fraction of sp³-hybridized carbons (Fsp3) is 0.0952. The molecule has 2 amide bonds. The molecule has 0 aliphatic heterocycles. The Hall–Kier alpha value is -4.07. The second-order valence-corrected chi connectivity index (χ2v) is 6.05. The van der Waals surface area contributed by atoms with Gasteiger partial charge in [0.2, 0.25) is 0 Å². The molecule has 146 valence electrons. The molecule has 0 atom stereocenters. The van der Waals surface area contributed by atoms with E-state index in [0.717, 1.165) is 5.56 Å². The van der Waals surface area contributed by atoms with Gasteiger partial charge in [0.15, 0.2) is 0 Å². The third-order valence-electron chi connectivity index (χ3n) is 3.79. The molecule has 0 fully saturated rings. The average molecular weight is 390 g/mol. The molecular formula is C21H18N4O4. The summed E-state index contributed by atoms with van der Waals surface area (Å²) in [6, 6.07) is 13.4. The second-order valence-electron chi connectivity index (χ2n) is 6.05. The number of esters is 1. The summed E-state index contributed by atoms with van der Waals surface area (Å²) in [5, 5.41) is 5.53. The third-order valence-corrected chi connectivity index (χ3v) is 3.79. The first-order valence-electron chi connectivity index (χ1n) is 8.74. The highest BCUT2D eigenvalue weighted by molar-refractivity contribution is 6.02. The molecule has 29 heavy (non-hydrogen) atoms. The number of hydrogen-bond donors (Lipinski definition) is 2. The van der Waals surface area contributed by atoms with Crippen molar-refractivity contribution in [1.82, 2.24) is 15.3 Å². The molecule has 2 N–H and O–H groups in total. The average Bonchev–Trinajstić information content (AvgIpc) is 2.72. The molecule has 0 saturated carbocycles. The predicted octanol–water partition coefficient (Wildman–Crippen LogP) is 2.58. The van der Waals surface area contributed by atoms with Gasteiger partial charge in [-0.2, -0.15) is 0 Å². The molecule has 1 aromatic heterocycles. The number of aromatic nitrogens is 2. The Morgan fingerprint density at radius 1 is 1.00 bits per heavy atom. The van der Waals surface area contributed by atoms with E-state index < -0.39 is 5.97 Å². The van der Waals surface area contributed by atoms with Gasteiger partial charge in [-0.3, -0.25) is 19.4 Å². The zero-order chi connectivity index (χ0) is 20.6. The molecule has 0 unspecified atom stereocenters. The first kappa shape index (κ1) is 19.7. The van der Waals surface area contributed by atoms with Gasteiger partial charge in [0, 0.05) is 37.1 Å². The quantitative estimate of drug-likeness (QED) is 0.494. The van der Waals surface area contributed by atoms with Gasteiger partial charge >= 0.3 is 5.97 Å². The zero-order valence-electron chi connectivity index (χ0n) is 15.6. The van der Waals surface area contributed by atoms with Gasteiger partial charge in [-0.05, 0) is 35.9 Å². The Morgan fingerprint density at radius 3 is 2.59 bits per heavy atom. The van der Waals surface area contributed by atoms with E-state index in [9.17, 15) is 14.4 Å². The van der Waals surface area contributed by atoms with Crippen molar-refractivity contribution in [2.24, 2.45) is 0 Å². The van der Waals surface area contributed by atoms with Crippen LogP contribution in [-0.2, 0) is 11.3 Å². The maximum atomic E-state index is 12.4. The van der Waals surface area contributed by atoms with E-state index in [1.54, 1.807) is 36.4 Å². The van der Waals surface area contributed by atoms with Crippen LogP contribution in [0.3, 0.4) is 0 Å². The lowest BCUT2D eigenvalue weighted by atomic mass is 10.1. The Kier molecular flexibility index (Phi) is 6.26. The van der Waals surface area contributed by atoms with Crippen LogP contribution < -0.4 is 15.4 Å². The highest BCUT2D eigenvalue weighted by Gasteiger charge is 2.10. The van der Waals surface area contributed by atoms with E-state index in [-0.39, 0.29) is 24.1 Å². The van der Waals surface area contributed by atoms with Crippen molar-refractivity contribution in [3.8, 4) is 5.75 Å². The standard InChI is InChI=1S/C21H18N4O4/c1-14(26)29-18-7-3-5-16(11-18)20(27)24-12-15-4-2-6-17(10-15)25-21(28)19-13-22-8-9-23-19/h2-11,13H,12H2,1H3,(H,24,27)(H,25,28). The number of nitrogens with zero attached hydrogens (tertiary/aromatic N) is 2. The molecule has 2 aromatic carbocycles. The molecule has 0 aliphatic rings. The third kappa shape index (κ3) is 5.70. The zero-order valence-corrected chi connectivity index (χ0v) is 15.6. The number of nitrogens with one attached hydrogen (secondary N) is 2. The van der Waals surface area contributed by atoms with Crippen LogP contribution in [0.4, 0.5) is 5.69 Å². The van der Waals surface area contributed by atoms with E-state index in [1.165, 1.54) is 31.6 Å². The number of carbonyl (C=O) groups is 3. The molecule has 0 saturated heterocycles. The maximum absolute atomic E-state index is 12.4. The first-order valence-corrected chi connectivity index (χ1v) is 8.74. The van der Waals surface area contributed by atoms with Crippen LogP contribution in [0.1, 0.15) is 33.3 Å². The van der Waals surface area contributed by atoms with Crippen molar-refractivity contribution < 1.29 is 19.1 Å². The van der Waals surface area contributed by atoms with Crippen LogP contribution in [0.2, 0.25) is 0 Å². The van der Waals surface area contributed by atoms with Crippen molar-refractivity contribution in [3.63, 3.8) is 0 Å². The van der Waals surface area contributed by atoms with E-state index in [1.807, 2.05) is 6.07 Å². The van der Waals surface area contributed by atoms with E-state index in [4.69, 9.17) is 4.74 Å². The topological polar surface area (TPSA) is 110 Å². The highest BCUT2D eigenvalue weighted by atomic mass is 16.5. The van der Waals surface area contributed by atoms with Crippen molar-refractivity contribution in [2.45, 2.75) is 13.5 Å². The van der Waals surface area contributed by atoms with Crippen LogP contribution in [0.25, 0.3) is 0 Å². The summed E-state index contributed by atoms with van der Waals surface area (Å²) >= 11 is 0. The van der Waals surface area contributed by atoms with E-state index in [2.05, 4.69) is 20.6 Å². The summed E-state index contributed by atoms with van der Waals surface area (Å²) in [7, 11) is 0. The van der Waals surface area contributed by atoms with E-state index in [0.29, 0.717) is 17.0 Å². The molecule has 8 nitrogen and oxygen atoms in total. The maximum Gasteiger partial charge on any atom is 0.308 e. The molecule has 0 spiro atoms. The van der Waals surface area contributed by atoms with Gasteiger partial charge in [-0.15, -0.1) is 0 Å². The number of ether oxygens (including phenoxy) is 1. The van der Waals surface area contributed by atoms with Crippen molar-refractivity contribution in [1.29, 1.82) is 0 Å². The van der Waals surface area contributed by atoms with Crippen LogP contribution in [0.15, 0.2) is 67.1 Å². The lowest BCUT2D eigenvalue weighted by Crippen LogP contribution is -2.23. The van der Waals surface area contributed by atoms with Crippen LogP contribution in [0, 0.1) is 0 Å². The highest BCUT2D eigenvalue weighted by Crippen LogP contribution is 2.15. The number of rotatable bonds is 6. The molecule has 1 heterocycles. The monoisotopic (exact) mass is 390 g/mol. The first-order chi connectivity index (χ1) is 14.0. The van der Waals surface area contributed by atoms with Gasteiger partial charge in [0.05, 0.1) is 6.20 Å². The Bertz CT molecular complexity index is 1040. The van der Waals surface area contributed by atoms with Crippen LogP contribution >= 0.6 is 0 Å². The summed E-state index contributed by atoms with van der Waals surface area (Å²) in [5.41, 5.74) is 1.95. The van der Waals surface area contributed by atoms with Crippen molar-refractivity contribution >= 4 is 23.5 Å². The van der Waals surface area contributed by atoms with E-state index >= 15 is 0 Å². The molecule has 0 aliphatic carbocycles. The van der Waals surface area contributed by atoms with Crippen molar-refractivity contribution in [2.75, 3.05) is 5.32 Å². The second kappa shape index (κ2) is 9.23. The normalized spacial score (nSPS) is 10.1. The van der Waals surface area contributed by atoms with Crippen LogP contribution in [0.5, 0.6) is 5.75 Å². The SMILES string of the molecule is CC(=O)Oc1cccc(C(=O)NCc2cccc(NC(=O)c3cnccn3)c2)c1. The summed E-state index contributed by atoms with van der Waals surface area (Å²) < 4.78 is 4.99. The fourth-order valence-corrected chi connectivity index (χ4v) is 2.52.